The molecule has 3 rings (SSSR count). The Morgan fingerprint density at radius 2 is 1.58 bits per heavy atom. The molecule has 0 spiro atoms. The molecular formula is C20H23NO5. The number of nitrogens with zero attached hydrogens (tertiary/aromatic N) is 1. The van der Waals surface area contributed by atoms with Crippen LogP contribution < -0.4 is 9.47 Å². The highest BCUT2D eigenvalue weighted by molar-refractivity contribution is 5.72. The Balaban J connectivity index is 2.06. The van der Waals surface area contributed by atoms with Gasteiger partial charge in [0.2, 0.25) is 5.72 Å². The number of carbonyl (C=O) groups is 1. The standard InChI is InChI=1S/C20H23NO5/c1-4-13-21-19(22)26-18(14-5-9-16(24-2)10-6-14)20(21,23)15-7-11-17(25-3)12-8-15/h5-12,18,23H,4,13H2,1-3H3/t18-,20+/m1/s1. The zero-order valence-electron chi connectivity index (χ0n) is 15.1. The van der Waals surface area contributed by atoms with Crippen LogP contribution in [0.25, 0.3) is 0 Å². The molecule has 0 radical (unpaired) electrons. The van der Waals surface area contributed by atoms with Gasteiger partial charge in [-0.05, 0) is 36.2 Å². The Hall–Kier alpha value is -2.73. The maximum Gasteiger partial charge on any atom is 0.413 e. The van der Waals surface area contributed by atoms with Crippen molar-refractivity contribution in [2.45, 2.75) is 25.2 Å². The molecule has 2 aromatic rings. The van der Waals surface area contributed by atoms with Crippen molar-refractivity contribution in [1.82, 2.24) is 4.90 Å². The van der Waals surface area contributed by atoms with Gasteiger partial charge in [0.05, 0.1) is 14.2 Å². The molecular weight excluding hydrogens is 334 g/mol. The van der Waals surface area contributed by atoms with Crippen molar-refractivity contribution in [3.05, 3.63) is 59.7 Å². The van der Waals surface area contributed by atoms with Gasteiger partial charge in [-0.3, -0.25) is 4.90 Å². The van der Waals surface area contributed by atoms with E-state index in [2.05, 4.69) is 0 Å². The molecule has 0 aromatic heterocycles. The summed E-state index contributed by atoms with van der Waals surface area (Å²) >= 11 is 0. The SMILES string of the molecule is CCCN1C(=O)O[C@H](c2ccc(OC)cc2)[C@@]1(O)c1ccc(OC)cc1. The second-order valence-electron chi connectivity index (χ2n) is 6.14. The van der Waals surface area contributed by atoms with Crippen LogP contribution in [0.5, 0.6) is 11.5 Å². The Labute approximate surface area is 152 Å². The third-order valence-electron chi connectivity index (χ3n) is 4.60. The van der Waals surface area contributed by atoms with Crippen LogP contribution in [0.1, 0.15) is 30.6 Å². The fraction of sp³-hybridized carbons (Fsp3) is 0.350. The van der Waals surface area contributed by atoms with Crippen LogP contribution in [0, 0.1) is 0 Å². The average molecular weight is 357 g/mol. The van der Waals surface area contributed by atoms with Crippen molar-refractivity contribution in [3.63, 3.8) is 0 Å². The minimum atomic E-state index is -1.60. The fourth-order valence-corrected chi connectivity index (χ4v) is 3.24. The van der Waals surface area contributed by atoms with Gasteiger partial charge in [-0.25, -0.2) is 4.79 Å². The van der Waals surface area contributed by atoms with Gasteiger partial charge in [-0.2, -0.15) is 0 Å². The molecule has 0 saturated carbocycles. The van der Waals surface area contributed by atoms with E-state index in [1.807, 2.05) is 6.92 Å². The number of rotatable bonds is 6. The topological polar surface area (TPSA) is 68.2 Å². The van der Waals surface area contributed by atoms with Gasteiger partial charge in [0.25, 0.3) is 0 Å². The number of cyclic esters (lactones) is 1. The number of aliphatic hydroxyl groups is 1. The number of ether oxygens (including phenoxy) is 3. The highest BCUT2D eigenvalue weighted by Gasteiger charge is 2.55. The molecule has 1 amide bonds. The summed E-state index contributed by atoms with van der Waals surface area (Å²) in [5.41, 5.74) is -0.344. The van der Waals surface area contributed by atoms with Gasteiger partial charge in [0, 0.05) is 12.1 Å². The molecule has 6 heteroatoms. The lowest BCUT2D eigenvalue weighted by Gasteiger charge is -2.34. The predicted molar refractivity (Wildman–Crippen MR) is 96.1 cm³/mol. The fourth-order valence-electron chi connectivity index (χ4n) is 3.24. The lowest BCUT2D eigenvalue weighted by Crippen LogP contribution is -2.46. The number of hydrogen-bond donors (Lipinski definition) is 1. The first kappa shape index (κ1) is 18.1. The normalized spacial score (nSPS) is 22.2. The first-order valence-electron chi connectivity index (χ1n) is 8.53. The quantitative estimate of drug-likeness (QED) is 0.858. The minimum absolute atomic E-state index is 0.383. The van der Waals surface area contributed by atoms with Crippen LogP contribution in [0.2, 0.25) is 0 Å². The van der Waals surface area contributed by atoms with Gasteiger partial charge in [-0.1, -0.05) is 31.2 Å². The highest BCUT2D eigenvalue weighted by Crippen LogP contribution is 2.47. The van der Waals surface area contributed by atoms with Gasteiger partial charge in [0.1, 0.15) is 11.5 Å². The summed E-state index contributed by atoms with van der Waals surface area (Å²) in [6.07, 6.45) is -0.685. The molecule has 2 atom stereocenters. The number of benzene rings is 2. The number of carbonyl (C=O) groups excluding carboxylic acids is 1. The Morgan fingerprint density at radius 1 is 1.04 bits per heavy atom. The molecule has 0 unspecified atom stereocenters. The summed E-state index contributed by atoms with van der Waals surface area (Å²) in [6, 6.07) is 14.2. The molecule has 1 fully saturated rings. The largest absolute Gasteiger partial charge is 0.497 e. The number of amides is 1. The molecule has 26 heavy (non-hydrogen) atoms. The van der Waals surface area contributed by atoms with Crippen molar-refractivity contribution >= 4 is 6.09 Å². The molecule has 1 heterocycles. The molecule has 1 aliphatic heterocycles. The van der Waals surface area contributed by atoms with Crippen molar-refractivity contribution in [2.75, 3.05) is 20.8 Å². The number of hydrogen-bond acceptors (Lipinski definition) is 5. The second kappa shape index (κ2) is 7.25. The van der Waals surface area contributed by atoms with E-state index in [0.717, 1.165) is 0 Å². The molecule has 1 aliphatic rings. The Bertz CT molecular complexity index is 759. The van der Waals surface area contributed by atoms with Gasteiger partial charge < -0.3 is 19.3 Å². The van der Waals surface area contributed by atoms with Gasteiger partial charge in [-0.15, -0.1) is 0 Å². The average Bonchev–Trinajstić information content (AvgIpc) is 2.94. The van der Waals surface area contributed by atoms with Crippen molar-refractivity contribution < 1.29 is 24.1 Å². The molecule has 0 bridgehead atoms. The van der Waals surface area contributed by atoms with E-state index in [1.165, 1.54) is 4.90 Å². The predicted octanol–water partition coefficient (Wildman–Crippen LogP) is 3.45. The Kier molecular flexibility index (Phi) is 5.04. The maximum atomic E-state index is 12.5. The molecule has 6 nitrogen and oxygen atoms in total. The smallest absolute Gasteiger partial charge is 0.413 e. The van der Waals surface area contributed by atoms with E-state index in [1.54, 1.807) is 62.8 Å². The summed E-state index contributed by atoms with van der Waals surface area (Å²) in [5, 5.41) is 11.6. The summed E-state index contributed by atoms with van der Waals surface area (Å²) in [7, 11) is 3.16. The van der Waals surface area contributed by atoms with Crippen LogP contribution in [0.3, 0.4) is 0 Å². The van der Waals surface area contributed by atoms with Crippen molar-refractivity contribution in [3.8, 4) is 11.5 Å². The number of methoxy groups -OCH3 is 2. The van der Waals surface area contributed by atoms with Crippen LogP contribution in [-0.4, -0.2) is 36.9 Å². The minimum Gasteiger partial charge on any atom is -0.497 e. The second-order valence-corrected chi connectivity index (χ2v) is 6.14. The Morgan fingerprint density at radius 3 is 2.08 bits per heavy atom. The first-order chi connectivity index (χ1) is 12.5. The third-order valence-corrected chi connectivity index (χ3v) is 4.60. The molecule has 1 N–H and O–H groups in total. The summed E-state index contributed by atoms with van der Waals surface area (Å²) in [4.78, 5) is 13.9. The van der Waals surface area contributed by atoms with E-state index in [0.29, 0.717) is 35.6 Å². The van der Waals surface area contributed by atoms with Gasteiger partial charge in [0.15, 0.2) is 6.10 Å². The van der Waals surface area contributed by atoms with Crippen LogP contribution in [0.15, 0.2) is 48.5 Å². The van der Waals surface area contributed by atoms with Crippen molar-refractivity contribution in [2.24, 2.45) is 0 Å². The summed E-state index contributed by atoms with van der Waals surface area (Å²) in [5.74, 6) is 1.36. The van der Waals surface area contributed by atoms with Crippen molar-refractivity contribution in [1.29, 1.82) is 0 Å². The van der Waals surface area contributed by atoms with E-state index < -0.39 is 17.9 Å². The molecule has 2 aromatic carbocycles. The van der Waals surface area contributed by atoms with E-state index in [9.17, 15) is 9.90 Å². The summed E-state index contributed by atoms with van der Waals surface area (Å²) in [6.45, 7) is 2.33. The van der Waals surface area contributed by atoms with Crippen LogP contribution in [0.4, 0.5) is 4.79 Å². The summed E-state index contributed by atoms with van der Waals surface area (Å²) < 4.78 is 15.9. The van der Waals surface area contributed by atoms with E-state index in [4.69, 9.17) is 14.2 Å². The van der Waals surface area contributed by atoms with Gasteiger partial charge >= 0.3 is 6.09 Å². The van der Waals surface area contributed by atoms with E-state index in [-0.39, 0.29) is 0 Å². The van der Waals surface area contributed by atoms with Crippen LogP contribution in [-0.2, 0) is 10.5 Å². The highest BCUT2D eigenvalue weighted by atomic mass is 16.6. The monoisotopic (exact) mass is 357 g/mol. The zero-order valence-corrected chi connectivity index (χ0v) is 15.1. The molecule has 1 saturated heterocycles. The molecule has 138 valence electrons. The lowest BCUT2D eigenvalue weighted by molar-refractivity contribution is -0.109. The maximum absolute atomic E-state index is 12.5. The van der Waals surface area contributed by atoms with E-state index >= 15 is 0 Å². The first-order valence-corrected chi connectivity index (χ1v) is 8.53. The lowest BCUT2D eigenvalue weighted by atomic mass is 9.91. The zero-order chi connectivity index (χ0) is 18.7. The molecule has 0 aliphatic carbocycles. The van der Waals surface area contributed by atoms with Crippen LogP contribution >= 0.6 is 0 Å². The third kappa shape index (κ3) is 2.97.